The molecule has 29 heavy (non-hydrogen) atoms. The second-order valence-electron chi connectivity index (χ2n) is 9.43. The topological polar surface area (TPSA) is 43.3 Å². The number of methoxy groups -OCH3 is 1. The highest BCUT2D eigenvalue weighted by Gasteiger charge is 2.43. The fraction of sp³-hybridized carbons (Fsp3) is 0.375. The van der Waals surface area contributed by atoms with Gasteiger partial charge in [0.15, 0.2) is 14.0 Å². The van der Waals surface area contributed by atoms with Crippen LogP contribution in [0.25, 0.3) is 10.9 Å². The number of hydrogen-bond donors (Lipinski definition) is 1. The zero-order chi connectivity index (χ0) is 21.0. The number of fused-ring (bicyclic) bond motifs is 3. The maximum atomic E-state index is 13.2. The predicted octanol–water partition coefficient (Wildman–Crippen LogP) is 5.38. The number of para-hydroxylation sites is 1. The Hall–Kier alpha value is -2.37. The molecule has 0 spiro atoms. The van der Waals surface area contributed by atoms with E-state index < -0.39 is 8.24 Å². The molecule has 1 aliphatic heterocycles. The first-order chi connectivity index (χ1) is 13.7. The van der Waals surface area contributed by atoms with Crippen LogP contribution >= 0.6 is 0 Å². The molecule has 1 N–H and O–H groups in total. The van der Waals surface area contributed by atoms with Gasteiger partial charge in [0.1, 0.15) is 5.75 Å². The van der Waals surface area contributed by atoms with Gasteiger partial charge < -0.3 is 8.97 Å². The summed E-state index contributed by atoms with van der Waals surface area (Å²) in [5, 5.41) is 4.78. The van der Waals surface area contributed by atoms with Gasteiger partial charge in [0.2, 0.25) is 0 Å². The SMILES string of the molecule is COc1ccc(C2NCC(=O)c3c2c2ccccc2n3[Si](C)(C)C(C)(C)C)cc1. The fourth-order valence-corrected chi connectivity index (χ4v) is 6.48. The Morgan fingerprint density at radius 3 is 2.34 bits per heavy atom. The van der Waals surface area contributed by atoms with Gasteiger partial charge in [-0.1, -0.05) is 64.2 Å². The maximum absolute atomic E-state index is 13.2. The molecule has 0 aliphatic carbocycles. The molecule has 1 unspecified atom stereocenters. The number of nitrogens with one attached hydrogen (secondary N) is 1. The number of carbonyl (C=O) groups is 1. The Morgan fingerprint density at radius 2 is 1.72 bits per heavy atom. The first-order valence-corrected chi connectivity index (χ1v) is 13.2. The third-order valence-electron chi connectivity index (χ3n) is 6.78. The molecule has 2 heterocycles. The van der Waals surface area contributed by atoms with Crippen molar-refractivity contribution in [3.05, 3.63) is 65.4 Å². The van der Waals surface area contributed by atoms with Gasteiger partial charge in [-0.15, -0.1) is 0 Å². The van der Waals surface area contributed by atoms with Crippen molar-refractivity contribution < 1.29 is 9.53 Å². The largest absolute Gasteiger partial charge is 0.497 e. The molecule has 1 aromatic heterocycles. The lowest BCUT2D eigenvalue weighted by atomic mass is 9.92. The number of Topliss-reactive ketones (excluding diaryl/α,β-unsaturated/α-hetero) is 1. The molecule has 2 aromatic carbocycles. The molecule has 1 atom stereocenters. The molecule has 3 aromatic rings. The second-order valence-corrected chi connectivity index (χ2v) is 14.5. The van der Waals surface area contributed by atoms with E-state index in [0.29, 0.717) is 6.54 Å². The first kappa shape index (κ1) is 19.9. The van der Waals surface area contributed by atoms with Gasteiger partial charge in [0.05, 0.1) is 25.4 Å². The summed E-state index contributed by atoms with van der Waals surface area (Å²) < 4.78 is 7.75. The van der Waals surface area contributed by atoms with E-state index in [0.717, 1.165) is 22.6 Å². The molecule has 5 heteroatoms. The lowest BCUT2D eigenvalue weighted by Crippen LogP contribution is -2.48. The second kappa shape index (κ2) is 6.85. The van der Waals surface area contributed by atoms with Crippen LogP contribution in [0, 0.1) is 0 Å². The van der Waals surface area contributed by atoms with E-state index in [1.165, 1.54) is 10.9 Å². The number of ketones is 1. The summed E-state index contributed by atoms with van der Waals surface area (Å²) in [6.45, 7) is 12.0. The van der Waals surface area contributed by atoms with E-state index >= 15 is 0 Å². The minimum absolute atomic E-state index is 0.00970. The number of carbonyl (C=O) groups excluding carboxylic acids is 1. The summed E-state index contributed by atoms with van der Waals surface area (Å²) >= 11 is 0. The molecule has 0 fully saturated rings. The van der Waals surface area contributed by atoms with Crippen molar-refractivity contribution in [3.63, 3.8) is 0 Å². The van der Waals surface area contributed by atoms with Gasteiger partial charge in [-0.25, -0.2) is 0 Å². The Bertz CT molecular complexity index is 1070. The van der Waals surface area contributed by atoms with Gasteiger partial charge in [0.25, 0.3) is 0 Å². The summed E-state index contributed by atoms with van der Waals surface area (Å²) in [6.07, 6.45) is 0. The van der Waals surface area contributed by atoms with Gasteiger partial charge in [-0.3, -0.25) is 10.1 Å². The lowest BCUT2D eigenvalue weighted by Gasteiger charge is -2.40. The zero-order valence-electron chi connectivity index (χ0n) is 18.2. The van der Waals surface area contributed by atoms with Crippen molar-refractivity contribution in [2.75, 3.05) is 13.7 Å². The monoisotopic (exact) mass is 406 g/mol. The van der Waals surface area contributed by atoms with Gasteiger partial charge >= 0.3 is 0 Å². The molecule has 0 radical (unpaired) electrons. The minimum atomic E-state index is -2.01. The number of benzene rings is 2. The Labute approximate surface area is 174 Å². The lowest BCUT2D eigenvalue weighted by molar-refractivity contribution is 0.0972. The van der Waals surface area contributed by atoms with Crippen LogP contribution in [0.4, 0.5) is 0 Å². The van der Waals surface area contributed by atoms with E-state index in [2.05, 4.69) is 79.8 Å². The highest BCUT2D eigenvalue weighted by molar-refractivity contribution is 6.79. The van der Waals surface area contributed by atoms with Gasteiger partial charge in [-0.05, 0) is 28.8 Å². The van der Waals surface area contributed by atoms with E-state index in [9.17, 15) is 4.79 Å². The molecule has 0 bridgehead atoms. The third-order valence-corrected chi connectivity index (χ3v) is 12.0. The summed E-state index contributed by atoms with van der Waals surface area (Å²) in [5.41, 5.74) is 4.35. The van der Waals surface area contributed by atoms with E-state index in [1.54, 1.807) is 7.11 Å². The molecule has 0 amide bonds. The summed E-state index contributed by atoms with van der Waals surface area (Å²) in [5.74, 6) is 1.02. The first-order valence-electron chi connectivity index (χ1n) is 10.2. The third kappa shape index (κ3) is 3.04. The number of nitrogens with zero attached hydrogens (tertiary/aromatic N) is 1. The highest BCUT2D eigenvalue weighted by atomic mass is 28.3. The van der Waals surface area contributed by atoms with Crippen molar-refractivity contribution in [3.8, 4) is 5.75 Å². The van der Waals surface area contributed by atoms with E-state index in [1.807, 2.05) is 12.1 Å². The summed E-state index contributed by atoms with van der Waals surface area (Å²) in [6, 6.07) is 16.6. The van der Waals surface area contributed by atoms with Crippen LogP contribution in [0.3, 0.4) is 0 Å². The minimum Gasteiger partial charge on any atom is -0.497 e. The van der Waals surface area contributed by atoms with Crippen LogP contribution in [0.2, 0.25) is 18.1 Å². The average molecular weight is 407 g/mol. The number of aromatic nitrogens is 1. The molecular formula is C24H30N2O2Si. The Morgan fingerprint density at radius 1 is 1.07 bits per heavy atom. The standard InChI is InChI=1S/C24H30N2O2Si/c1-24(2,3)29(5,6)26-19-10-8-7-9-18(19)21-22(25-15-20(27)23(21)26)16-11-13-17(28-4)14-12-16/h7-14,22,25H,15H2,1-6H3. The van der Waals surface area contributed by atoms with Crippen LogP contribution < -0.4 is 10.1 Å². The summed E-state index contributed by atoms with van der Waals surface area (Å²) in [7, 11) is -0.333. The maximum Gasteiger partial charge on any atom is 0.192 e. The van der Waals surface area contributed by atoms with Gasteiger partial charge in [0, 0.05) is 16.5 Å². The molecule has 0 saturated carbocycles. The number of hydrogen-bond acceptors (Lipinski definition) is 3. The quantitative estimate of drug-likeness (QED) is 0.594. The molecule has 0 saturated heterocycles. The number of ether oxygens (including phenoxy) is 1. The van der Waals surface area contributed by atoms with Crippen LogP contribution in [-0.4, -0.2) is 31.9 Å². The Kier molecular flexibility index (Phi) is 4.71. The van der Waals surface area contributed by atoms with Crippen molar-refractivity contribution in [1.29, 1.82) is 0 Å². The van der Waals surface area contributed by atoms with Crippen molar-refractivity contribution in [2.45, 2.75) is 44.9 Å². The zero-order valence-corrected chi connectivity index (χ0v) is 19.2. The summed E-state index contributed by atoms with van der Waals surface area (Å²) in [4.78, 5) is 13.2. The van der Waals surface area contributed by atoms with Gasteiger partial charge in [-0.2, -0.15) is 0 Å². The van der Waals surface area contributed by atoms with Crippen LogP contribution in [0.5, 0.6) is 5.75 Å². The van der Waals surface area contributed by atoms with Crippen molar-refractivity contribution in [2.24, 2.45) is 0 Å². The molecule has 152 valence electrons. The van der Waals surface area contributed by atoms with Crippen LogP contribution in [-0.2, 0) is 0 Å². The Balaban J connectivity index is 2.02. The number of rotatable bonds is 3. The van der Waals surface area contributed by atoms with E-state index in [4.69, 9.17) is 4.74 Å². The van der Waals surface area contributed by atoms with Crippen molar-refractivity contribution >= 4 is 24.9 Å². The van der Waals surface area contributed by atoms with Crippen LogP contribution in [0.1, 0.15) is 48.4 Å². The molecule has 1 aliphatic rings. The smallest absolute Gasteiger partial charge is 0.192 e. The fourth-order valence-electron chi connectivity index (χ4n) is 4.21. The van der Waals surface area contributed by atoms with Crippen LogP contribution in [0.15, 0.2) is 48.5 Å². The molecule has 4 rings (SSSR count). The molecular weight excluding hydrogens is 376 g/mol. The highest BCUT2D eigenvalue weighted by Crippen LogP contribution is 2.44. The molecule has 4 nitrogen and oxygen atoms in total. The van der Waals surface area contributed by atoms with Crippen molar-refractivity contribution in [1.82, 2.24) is 9.55 Å². The predicted molar refractivity (Wildman–Crippen MR) is 122 cm³/mol. The normalized spacial score (nSPS) is 17.4. The van der Waals surface area contributed by atoms with E-state index in [-0.39, 0.29) is 16.9 Å². The average Bonchev–Trinajstić information content (AvgIpc) is 3.04.